The second-order valence-electron chi connectivity index (χ2n) is 5.37. The van der Waals surface area contributed by atoms with Crippen molar-refractivity contribution in [2.24, 2.45) is 0 Å². The second kappa shape index (κ2) is 5.64. The molecule has 1 aliphatic rings. The molecule has 1 saturated heterocycles. The van der Waals surface area contributed by atoms with Crippen LogP contribution in [0.2, 0.25) is 5.02 Å². The van der Waals surface area contributed by atoms with Crippen molar-refractivity contribution in [1.29, 1.82) is 0 Å². The van der Waals surface area contributed by atoms with Crippen molar-refractivity contribution in [1.82, 2.24) is 5.32 Å². The molecule has 21 heavy (non-hydrogen) atoms. The lowest BCUT2D eigenvalue weighted by atomic mass is 9.90. The standard InChI is InChI=1S/C15H18ClFN2O2/c1-4-11-13(20)18-15(3,5-2)14(21)19(11)12-8-9(16)6-7-10(12)17/h6-8,11H,4-5H2,1-3H3,(H,18,20). The van der Waals surface area contributed by atoms with E-state index in [9.17, 15) is 14.0 Å². The number of nitrogens with one attached hydrogen (secondary N) is 1. The van der Waals surface area contributed by atoms with Crippen LogP contribution in [0.4, 0.5) is 10.1 Å². The highest BCUT2D eigenvalue weighted by Gasteiger charge is 2.47. The first kappa shape index (κ1) is 15.8. The van der Waals surface area contributed by atoms with E-state index in [1.54, 1.807) is 20.8 Å². The van der Waals surface area contributed by atoms with E-state index in [1.807, 2.05) is 0 Å². The van der Waals surface area contributed by atoms with Crippen LogP contribution in [0.3, 0.4) is 0 Å². The maximum Gasteiger partial charge on any atom is 0.253 e. The molecule has 2 atom stereocenters. The largest absolute Gasteiger partial charge is 0.340 e. The van der Waals surface area contributed by atoms with Crippen molar-refractivity contribution in [3.63, 3.8) is 0 Å². The molecule has 4 nitrogen and oxygen atoms in total. The van der Waals surface area contributed by atoms with Gasteiger partial charge in [0.2, 0.25) is 5.91 Å². The molecule has 114 valence electrons. The highest BCUT2D eigenvalue weighted by atomic mass is 35.5. The SMILES string of the molecule is CCC1C(=O)NC(C)(CC)C(=O)N1c1cc(Cl)ccc1F. The Bertz CT molecular complexity index is 593. The molecule has 2 amide bonds. The summed E-state index contributed by atoms with van der Waals surface area (Å²) in [5.74, 6) is -1.17. The van der Waals surface area contributed by atoms with Gasteiger partial charge in [0.1, 0.15) is 17.4 Å². The zero-order valence-corrected chi connectivity index (χ0v) is 13.0. The van der Waals surface area contributed by atoms with Crippen molar-refractivity contribution in [2.75, 3.05) is 4.90 Å². The Balaban J connectivity index is 2.57. The number of benzene rings is 1. The summed E-state index contributed by atoms with van der Waals surface area (Å²) < 4.78 is 14.1. The fraction of sp³-hybridized carbons (Fsp3) is 0.467. The number of anilines is 1. The molecule has 0 aliphatic carbocycles. The summed E-state index contributed by atoms with van der Waals surface area (Å²) in [5, 5.41) is 3.06. The number of rotatable bonds is 3. The minimum absolute atomic E-state index is 0.0499. The van der Waals surface area contributed by atoms with Gasteiger partial charge in [0.05, 0.1) is 5.69 Å². The third-order valence-corrected chi connectivity index (χ3v) is 4.20. The average Bonchev–Trinajstić information content (AvgIpc) is 2.45. The molecule has 2 rings (SSSR count). The van der Waals surface area contributed by atoms with Crippen molar-refractivity contribution >= 4 is 29.1 Å². The number of carbonyl (C=O) groups is 2. The summed E-state index contributed by atoms with van der Waals surface area (Å²) in [4.78, 5) is 26.3. The van der Waals surface area contributed by atoms with Gasteiger partial charge in [-0.2, -0.15) is 0 Å². The number of carbonyl (C=O) groups excluding carboxylic acids is 2. The van der Waals surface area contributed by atoms with E-state index in [0.717, 1.165) is 0 Å². The summed E-state index contributed by atoms with van der Waals surface area (Å²) in [7, 11) is 0. The first-order chi connectivity index (χ1) is 9.84. The summed E-state index contributed by atoms with van der Waals surface area (Å²) in [6.07, 6.45) is 0.815. The van der Waals surface area contributed by atoms with Crippen LogP contribution in [-0.2, 0) is 9.59 Å². The van der Waals surface area contributed by atoms with Crippen LogP contribution in [0.5, 0.6) is 0 Å². The molecule has 0 spiro atoms. The van der Waals surface area contributed by atoms with Gasteiger partial charge in [-0.05, 0) is 38.0 Å². The van der Waals surface area contributed by atoms with Crippen molar-refractivity contribution < 1.29 is 14.0 Å². The predicted octanol–water partition coefficient (Wildman–Crippen LogP) is 2.89. The zero-order chi connectivity index (χ0) is 15.8. The number of halogens is 2. The van der Waals surface area contributed by atoms with Gasteiger partial charge < -0.3 is 5.32 Å². The van der Waals surface area contributed by atoms with E-state index in [2.05, 4.69) is 5.32 Å². The van der Waals surface area contributed by atoms with Crippen molar-refractivity contribution in [3.05, 3.63) is 29.0 Å². The van der Waals surface area contributed by atoms with Crippen LogP contribution in [0.15, 0.2) is 18.2 Å². The maximum absolute atomic E-state index is 14.1. The van der Waals surface area contributed by atoms with Gasteiger partial charge in [0, 0.05) is 5.02 Å². The van der Waals surface area contributed by atoms with Crippen molar-refractivity contribution in [2.45, 2.75) is 45.2 Å². The van der Waals surface area contributed by atoms with Crippen molar-refractivity contribution in [3.8, 4) is 0 Å². The Labute approximate surface area is 128 Å². The molecule has 2 unspecified atom stereocenters. The average molecular weight is 313 g/mol. The highest BCUT2D eigenvalue weighted by molar-refractivity contribution is 6.31. The van der Waals surface area contributed by atoms with Gasteiger partial charge in [-0.15, -0.1) is 0 Å². The lowest BCUT2D eigenvalue weighted by Gasteiger charge is -2.43. The summed E-state index contributed by atoms with van der Waals surface area (Å²) in [6.45, 7) is 5.23. The molecule has 0 saturated carbocycles. The van der Waals surface area contributed by atoms with E-state index in [0.29, 0.717) is 17.9 Å². The summed E-state index contributed by atoms with van der Waals surface area (Å²) >= 11 is 5.91. The van der Waals surface area contributed by atoms with E-state index in [-0.39, 0.29) is 17.5 Å². The number of piperazine rings is 1. The predicted molar refractivity (Wildman–Crippen MR) is 79.8 cm³/mol. The molecule has 0 bridgehead atoms. The molecule has 1 N–H and O–H groups in total. The Morgan fingerprint density at radius 2 is 2.05 bits per heavy atom. The Morgan fingerprint density at radius 3 is 2.62 bits per heavy atom. The maximum atomic E-state index is 14.1. The van der Waals surface area contributed by atoms with E-state index in [1.165, 1.54) is 23.1 Å². The first-order valence-electron chi connectivity index (χ1n) is 6.94. The minimum Gasteiger partial charge on any atom is -0.340 e. The normalized spacial score (nSPS) is 26.0. The van der Waals surface area contributed by atoms with E-state index >= 15 is 0 Å². The van der Waals surface area contributed by atoms with Gasteiger partial charge in [-0.1, -0.05) is 25.4 Å². The van der Waals surface area contributed by atoms with Crippen LogP contribution < -0.4 is 10.2 Å². The van der Waals surface area contributed by atoms with Crippen LogP contribution >= 0.6 is 11.6 Å². The first-order valence-corrected chi connectivity index (χ1v) is 7.32. The minimum atomic E-state index is -1.03. The molecule has 1 fully saturated rings. The van der Waals surface area contributed by atoms with Gasteiger partial charge in [-0.25, -0.2) is 4.39 Å². The van der Waals surface area contributed by atoms with E-state index < -0.39 is 17.4 Å². The lowest BCUT2D eigenvalue weighted by molar-refractivity contribution is -0.138. The fourth-order valence-corrected chi connectivity index (χ4v) is 2.65. The monoisotopic (exact) mass is 312 g/mol. The van der Waals surface area contributed by atoms with Gasteiger partial charge in [0.25, 0.3) is 5.91 Å². The molecule has 1 aromatic rings. The Morgan fingerprint density at radius 1 is 1.38 bits per heavy atom. The number of amides is 2. The molecule has 6 heteroatoms. The van der Waals surface area contributed by atoms with Gasteiger partial charge >= 0.3 is 0 Å². The third-order valence-electron chi connectivity index (χ3n) is 3.97. The third kappa shape index (κ3) is 2.62. The quantitative estimate of drug-likeness (QED) is 0.933. The number of nitrogens with zero attached hydrogens (tertiary/aromatic N) is 1. The molecular weight excluding hydrogens is 295 g/mol. The highest BCUT2D eigenvalue weighted by Crippen LogP contribution is 2.32. The molecule has 0 radical (unpaired) electrons. The number of hydrogen-bond donors (Lipinski definition) is 1. The molecule has 0 aromatic heterocycles. The van der Waals surface area contributed by atoms with Gasteiger partial charge in [-0.3, -0.25) is 14.5 Å². The molecular formula is C15H18ClFN2O2. The number of hydrogen-bond acceptors (Lipinski definition) is 2. The topological polar surface area (TPSA) is 49.4 Å². The van der Waals surface area contributed by atoms with Crippen LogP contribution in [0.25, 0.3) is 0 Å². The fourth-order valence-electron chi connectivity index (χ4n) is 2.49. The smallest absolute Gasteiger partial charge is 0.253 e. The van der Waals surface area contributed by atoms with Gasteiger partial charge in [0.15, 0.2) is 0 Å². The Hall–Kier alpha value is -1.62. The van der Waals surface area contributed by atoms with Crippen LogP contribution in [0, 0.1) is 5.82 Å². The lowest BCUT2D eigenvalue weighted by Crippen LogP contribution is -2.69. The Kier molecular flexibility index (Phi) is 4.23. The summed E-state index contributed by atoms with van der Waals surface area (Å²) in [6, 6.07) is 3.26. The zero-order valence-electron chi connectivity index (χ0n) is 12.2. The molecule has 1 heterocycles. The molecule has 1 aromatic carbocycles. The van der Waals surface area contributed by atoms with E-state index in [4.69, 9.17) is 11.6 Å². The summed E-state index contributed by atoms with van der Waals surface area (Å²) in [5.41, 5.74) is -0.980. The second-order valence-corrected chi connectivity index (χ2v) is 5.81. The molecule has 1 aliphatic heterocycles. The van der Waals surface area contributed by atoms with Crippen LogP contribution in [-0.4, -0.2) is 23.4 Å². The van der Waals surface area contributed by atoms with Crippen LogP contribution in [0.1, 0.15) is 33.6 Å².